The van der Waals surface area contributed by atoms with Crippen molar-refractivity contribution in [3.05, 3.63) is 60.2 Å². The fourth-order valence-corrected chi connectivity index (χ4v) is 1.97. The summed E-state index contributed by atoms with van der Waals surface area (Å²) in [6.45, 7) is 0.882. The second kappa shape index (κ2) is 5.51. The van der Waals surface area contributed by atoms with Crippen LogP contribution in [0.1, 0.15) is 5.56 Å². The first-order chi connectivity index (χ1) is 8.33. The van der Waals surface area contributed by atoms with Crippen LogP contribution < -0.4 is 10.2 Å². The van der Waals surface area contributed by atoms with Crippen LogP contribution in [0.25, 0.3) is 0 Å². The van der Waals surface area contributed by atoms with Crippen LogP contribution in [-0.4, -0.2) is 14.1 Å². The summed E-state index contributed by atoms with van der Waals surface area (Å²) in [5, 5.41) is 3.20. The Morgan fingerprint density at radius 1 is 0.941 bits per heavy atom. The first kappa shape index (κ1) is 11.7. The van der Waals surface area contributed by atoms with Gasteiger partial charge in [-0.2, -0.15) is 0 Å². The average Bonchev–Trinajstić information content (AvgIpc) is 2.40. The second-order valence-electron chi connectivity index (χ2n) is 4.05. The summed E-state index contributed by atoms with van der Waals surface area (Å²) in [5.74, 6) is 0. The Hall–Kier alpha value is -1.80. The molecular formula is C15H18N2. The Labute approximate surface area is 103 Å². The highest BCUT2D eigenvalue weighted by Crippen LogP contribution is 2.26. The number of para-hydroxylation sites is 2. The molecule has 0 bridgehead atoms. The molecule has 0 aliphatic heterocycles. The van der Waals surface area contributed by atoms with Gasteiger partial charge in [0.25, 0.3) is 0 Å². The maximum atomic E-state index is 3.20. The summed E-state index contributed by atoms with van der Waals surface area (Å²) >= 11 is 0. The van der Waals surface area contributed by atoms with Gasteiger partial charge in [-0.05, 0) is 30.8 Å². The number of nitrogens with zero attached hydrogens (tertiary/aromatic N) is 1. The number of hydrogen-bond donors (Lipinski definition) is 1. The number of anilines is 2. The molecule has 0 aromatic heterocycles. The van der Waals surface area contributed by atoms with Crippen molar-refractivity contribution in [3.63, 3.8) is 0 Å². The van der Waals surface area contributed by atoms with Crippen molar-refractivity contribution in [3.8, 4) is 0 Å². The van der Waals surface area contributed by atoms with Gasteiger partial charge in [-0.15, -0.1) is 0 Å². The van der Waals surface area contributed by atoms with E-state index in [1.54, 1.807) is 0 Å². The molecule has 0 unspecified atom stereocenters. The van der Waals surface area contributed by atoms with Crippen molar-refractivity contribution in [2.45, 2.75) is 6.54 Å². The summed E-state index contributed by atoms with van der Waals surface area (Å²) in [4.78, 5) is 2.21. The van der Waals surface area contributed by atoms with Gasteiger partial charge in [-0.3, -0.25) is 0 Å². The van der Waals surface area contributed by atoms with Crippen LogP contribution in [0, 0.1) is 0 Å². The molecule has 2 heteroatoms. The molecule has 2 nitrogen and oxygen atoms in total. The van der Waals surface area contributed by atoms with Crippen LogP contribution in [0.4, 0.5) is 11.4 Å². The zero-order valence-corrected chi connectivity index (χ0v) is 10.4. The lowest BCUT2D eigenvalue weighted by atomic mass is 10.1. The molecule has 2 aromatic carbocycles. The molecule has 0 saturated carbocycles. The number of rotatable bonds is 4. The summed E-state index contributed by atoms with van der Waals surface area (Å²) < 4.78 is 0. The average molecular weight is 226 g/mol. The summed E-state index contributed by atoms with van der Waals surface area (Å²) in [6.07, 6.45) is 0. The van der Waals surface area contributed by atoms with Crippen molar-refractivity contribution < 1.29 is 0 Å². The summed E-state index contributed by atoms with van der Waals surface area (Å²) in [7, 11) is 4.07. The van der Waals surface area contributed by atoms with Gasteiger partial charge in [-0.1, -0.05) is 36.4 Å². The Balaban J connectivity index is 2.33. The maximum Gasteiger partial charge on any atom is 0.0453 e. The van der Waals surface area contributed by atoms with Crippen molar-refractivity contribution in [2.75, 3.05) is 19.0 Å². The van der Waals surface area contributed by atoms with E-state index in [2.05, 4.69) is 65.8 Å². The van der Waals surface area contributed by atoms with E-state index in [4.69, 9.17) is 0 Å². The fraction of sp³-hybridized carbons (Fsp3) is 0.200. The molecule has 1 N–H and O–H groups in total. The van der Waals surface area contributed by atoms with Crippen LogP contribution in [0.2, 0.25) is 0 Å². The number of benzene rings is 2. The van der Waals surface area contributed by atoms with Gasteiger partial charge < -0.3 is 10.2 Å². The minimum absolute atomic E-state index is 0.882. The van der Waals surface area contributed by atoms with Crippen LogP contribution >= 0.6 is 0 Å². The summed E-state index contributed by atoms with van der Waals surface area (Å²) in [6, 6.07) is 18.9. The predicted molar refractivity (Wildman–Crippen MR) is 73.7 cm³/mol. The molecule has 88 valence electrons. The van der Waals surface area contributed by atoms with Gasteiger partial charge in [-0.25, -0.2) is 0 Å². The molecule has 0 heterocycles. The molecule has 0 atom stereocenters. The van der Waals surface area contributed by atoms with Crippen LogP contribution in [-0.2, 0) is 6.54 Å². The first-order valence-electron chi connectivity index (χ1n) is 5.84. The van der Waals surface area contributed by atoms with E-state index in [-0.39, 0.29) is 0 Å². The highest BCUT2D eigenvalue weighted by atomic mass is 15.1. The zero-order valence-electron chi connectivity index (χ0n) is 10.4. The zero-order chi connectivity index (χ0) is 12.1. The van der Waals surface area contributed by atoms with Gasteiger partial charge in [0.2, 0.25) is 0 Å². The molecule has 2 aromatic rings. The Bertz CT molecular complexity index is 465. The third-order valence-corrected chi connectivity index (χ3v) is 2.86. The molecule has 0 aliphatic rings. The molecule has 0 saturated heterocycles. The minimum Gasteiger partial charge on any atom is -0.344 e. The third kappa shape index (κ3) is 2.66. The predicted octanol–water partition coefficient (Wildman–Crippen LogP) is 3.17. The SMILES string of the molecule is CNCc1ccccc1N(C)c1ccccc1. The highest BCUT2D eigenvalue weighted by Gasteiger charge is 2.07. The molecule has 0 radical (unpaired) electrons. The Kier molecular flexibility index (Phi) is 3.78. The normalized spacial score (nSPS) is 10.2. The van der Waals surface area contributed by atoms with Crippen LogP contribution in [0.15, 0.2) is 54.6 Å². The molecule has 0 amide bonds. The molecular weight excluding hydrogens is 208 g/mol. The van der Waals surface area contributed by atoms with Gasteiger partial charge in [0.15, 0.2) is 0 Å². The van der Waals surface area contributed by atoms with Gasteiger partial charge in [0.05, 0.1) is 0 Å². The van der Waals surface area contributed by atoms with Crippen molar-refractivity contribution in [1.82, 2.24) is 5.32 Å². The Morgan fingerprint density at radius 2 is 1.59 bits per heavy atom. The lowest BCUT2D eigenvalue weighted by molar-refractivity contribution is 0.816. The topological polar surface area (TPSA) is 15.3 Å². The van der Waals surface area contributed by atoms with Crippen molar-refractivity contribution in [2.24, 2.45) is 0 Å². The smallest absolute Gasteiger partial charge is 0.0453 e. The molecule has 17 heavy (non-hydrogen) atoms. The quantitative estimate of drug-likeness (QED) is 0.861. The molecule has 2 rings (SSSR count). The fourth-order valence-electron chi connectivity index (χ4n) is 1.97. The molecule has 0 aliphatic carbocycles. The second-order valence-corrected chi connectivity index (χ2v) is 4.05. The van der Waals surface area contributed by atoms with E-state index in [0.29, 0.717) is 0 Å². The molecule has 0 fully saturated rings. The maximum absolute atomic E-state index is 3.20. The van der Waals surface area contributed by atoms with E-state index in [1.165, 1.54) is 16.9 Å². The lowest BCUT2D eigenvalue weighted by Gasteiger charge is -2.22. The highest BCUT2D eigenvalue weighted by molar-refractivity contribution is 5.65. The first-order valence-corrected chi connectivity index (χ1v) is 5.84. The minimum atomic E-state index is 0.882. The van der Waals surface area contributed by atoms with Crippen molar-refractivity contribution in [1.29, 1.82) is 0 Å². The standard InChI is InChI=1S/C15H18N2/c1-16-12-13-8-6-7-11-15(13)17(2)14-9-4-3-5-10-14/h3-11,16H,12H2,1-2H3. The monoisotopic (exact) mass is 226 g/mol. The van der Waals surface area contributed by atoms with E-state index >= 15 is 0 Å². The van der Waals surface area contributed by atoms with Gasteiger partial charge in [0, 0.05) is 25.0 Å². The molecule has 0 spiro atoms. The van der Waals surface area contributed by atoms with Crippen LogP contribution in [0.5, 0.6) is 0 Å². The van der Waals surface area contributed by atoms with E-state index in [9.17, 15) is 0 Å². The number of nitrogens with one attached hydrogen (secondary N) is 1. The summed E-state index contributed by atoms with van der Waals surface area (Å²) in [5.41, 5.74) is 3.76. The van der Waals surface area contributed by atoms with E-state index in [1.807, 2.05) is 13.1 Å². The largest absolute Gasteiger partial charge is 0.344 e. The van der Waals surface area contributed by atoms with E-state index < -0.39 is 0 Å². The third-order valence-electron chi connectivity index (χ3n) is 2.86. The van der Waals surface area contributed by atoms with Crippen LogP contribution in [0.3, 0.4) is 0 Å². The van der Waals surface area contributed by atoms with Crippen molar-refractivity contribution >= 4 is 11.4 Å². The Morgan fingerprint density at radius 3 is 2.29 bits per heavy atom. The number of hydrogen-bond acceptors (Lipinski definition) is 2. The van der Waals surface area contributed by atoms with E-state index in [0.717, 1.165) is 6.54 Å². The lowest BCUT2D eigenvalue weighted by Crippen LogP contribution is -2.14. The van der Waals surface area contributed by atoms with Gasteiger partial charge in [0.1, 0.15) is 0 Å². The van der Waals surface area contributed by atoms with Gasteiger partial charge >= 0.3 is 0 Å².